The standard InChI is InChI=1S/C20H24N2O4S2/c1-5-15-18(23)22-17(13-6-8-14(27-4)9-7-13)16(12(2)21-20(22)28-15)19(24)26-11-10-25-3/h6-9,15,17H,5,10-11H2,1-4H3. The molecule has 0 saturated carbocycles. The molecule has 1 aromatic rings. The van der Waals surface area contributed by atoms with Gasteiger partial charge in [-0.1, -0.05) is 30.8 Å². The van der Waals surface area contributed by atoms with Crippen LogP contribution >= 0.6 is 23.5 Å². The molecule has 2 unspecified atom stereocenters. The molecule has 6 nitrogen and oxygen atoms in total. The number of nitrogens with zero attached hydrogens (tertiary/aromatic N) is 2. The Morgan fingerprint density at radius 1 is 1.29 bits per heavy atom. The Labute approximate surface area is 173 Å². The van der Waals surface area contributed by atoms with Crippen LogP contribution in [0.15, 0.2) is 45.4 Å². The monoisotopic (exact) mass is 420 g/mol. The minimum atomic E-state index is -0.532. The summed E-state index contributed by atoms with van der Waals surface area (Å²) in [6, 6.07) is 7.40. The molecule has 150 valence electrons. The molecule has 28 heavy (non-hydrogen) atoms. The molecule has 8 heteroatoms. The SMILES string of the molecule is CCC1SC2=NC(C)=C(C(=O)OCCOC)C(c3ccc(SC)cc3)N2C1=O. The van der Waals surface area contributed by atoms with Crippen molar-refractivity contribution in [2.75, 3.05) is 26.6 Å². The maximum Gasteiger partial charge on any atom is 0.338 e. The van der Waals surface area contributed by atoms with Gasteiger partial charge in [0.1, 0.15) is 6.61 Å². The molecule has 0 radical (unpaired) electrons. The summed E-state index contributed by atoms with van der Waals surface area (Å²) in [4.78, 5) is 33.3. The van der Waals surface area contributed by atoms with Gasteiger partial charge in [-0.25, -0.2) is 9.79 Å². The molecule has 1 amide bonds. The van der Waals surface area contributed by atoms with Crippen LogP contribution in [-0.4, -0.2) is 53.8 Å². The van der Waals surface area contributed by atoms with Crippen LogP contribution in [0.3, 0.4) is 0 Å². The topological polar surface area (TPSA) is 68.2 Å². The highest BCUT2D eigenvalue weighted by atomic mass is 32.2. The van der Waals surface area contributed by atoms with Crippen molar-refractivity contribution in [3.05, 3.63) is 41.1 Å². The van der Waals surface area contributed by atoms with Crippen molar-refractivity contribution in [1.82, 2.24) is 4.90 Å². The number of aliphatic imine (C=N–C) groups is 1. The van der Waals surface area contributed by atoms with Crippen LogP contribution in [0.1, 0.15) is 31.9 Å². The van der Waals surface area contributed by atoms with Crippen LogP contribution in [0.2, 0.25) is 0 Å². The molecule has 2 aliphatic heterocycles. The molecule has 1 aromatic carbocycles. The number of esters is 1. The van der Waals surface area contributed by atoms with Crippen LogP contribution in [0, 0.1) is 0 Å². The second kappa shape index (κ2) is 9.15. The molecule has 2 heterocycles. The third-order valence-corrected chi connectivity index (χ3v) is 6.76. The molecule has 0 aromatic heterocycles. The molecule has 1 fully saturated rings. The summed E-state index contributed by atoms with van der Waals surface area (Å²) in [5.41, 5.74) is 1.86. The van der Waals surface area contributed by atoms with E-state index in [0.717, 1.165) is 10.5 Å². The predicted octanol–water partition coefficient (Wildman–Crippen LogP) is 3.64. The Morgan fingerprint density at radius 2 is 2.00 bits per heavy atom. The van der Waals surface area contributed by atoms with Crippen LogP contribution in [0.4, 0.5) is 0 Å². The highest BCUT2D eigenvalue weighted by Gasteiger charge is 2.47. The normalized spacial score (nSPS) is 21.6. The van der Waals surface area contributed by atoms with Crippen molar-refractivity contribution in [3.8, 4) is 0 Å². The van der Waals surface area contributed by atoms with Crippen molar-refractivity contribution >= 4 is 40.6 Å². The first kappa shape index (κ1) is 21.0. The molecule has 1 saturated heterocycles. The molecule has 2 atom stereocenters. The quantitative estimate of drug-likeness (QED) is 0.381. The third kappa shape index (κ3) is 3.99. The molecular weight excluding hydrogens is 396 g/mol. The highest BCUT2D eigenvalue weighted by molar-refractivity contribution is 8.15. The number of ether oxygens (including phenoxy) is 2. The lowest BCUT2D eigenvalue weighted by atomic mass is 9.94. The van der Waals surface area contributed by atoms with E-state index in [-0.39, 0.29) is 17.8 Å². The number of hydrogen-bond acceptors (Lipinski definition) is 7. The molecular formula is C20H24N2O4S2. The second-order valence-electron chi connectivity index (χ2n) is 6.42. The third-order valence-electron chi connectivity index (χ3n) is 4.69. The van der Waals surface area contributed by atoms with Crippen LogP contribution < -0.4 is 0 Å². The van der Waals surface area contributed by atoms with Crippen LogP contribution in [-0.2, 0) is 19.1 Å². The smallest absolute Gasteiger partial charge is 0.338 e. The van der Waals surface area contributed by atoms with E-state index < -0.39 is 12.0 Å². The molecule has 0 bridgehead atoms. The summed E-state index contributed by atoms with van der Waals surface area (Å²) in [6.07, 6.45) is 2.72. The van der Waals surface area contributed by atoms with Gasteiger partial charge in [0, 0.05) is 12.0 Å². The van der Waals surface area contributed by atoms with Crippen LogP contribution in [0.5, 0.6) is 0 Å². The summed E-state index contributed by atoms with van der Waals surface area (Å²) in [6.45, 7) is 4.25. The van der Waals surface area contributed by atoms with E-state index in [1.807, 2.05) is 37.4 Å². The van der Waals surface area contributed by atoms with Gasteiger partial charge < -0.3 is 9.47 Å². The minimum absolute atomic E-state index is 0.0140. The molecule has 0 N–H and O–H groups in total. The van der Waals surface area contributed by atoms with E-state index in [4.69, 9.17) is 9.47 Å². The Hall–Kier alpha value is -1.77. The summed E-state index contributed by atoms with van der Waals surface area (Å²) < 4.78 is 10.4. The van der Waals surface area contributed by atoms with Crippen molar-refractivity contribution in [3.63, 3.8) is 0 Å². The number of carbonyl (C=O) groups excluding carboxylic acids is 2. The first-order valence-corrected chi connectivity index (χ1v) is 11.2. The Bertz CT molecular complexity index is 820. The number of hydrogen-bond donors (Lipinski definition) is 0. The predicted molar refractivity (Wildman–Crippen MR) is 112 cm³/mol. The Morgan fingerprint density at radius 3 is 2.61 bits per heavy atom. The lowest BCUT2D eigenvalue weighted by Crippen LogP contribution is -2.40. The van der Waals surface area contributed by atoms with Gasteiger partial charge in [-0.15, -0.1) is 11.8 Å². The number of rotatable bonds is 7. The van der Waals surface area contributed by atoms with E-state index in [1.54, 1.807) is 30.7 Å². The van der Waals surface area contributed by atoms with E-state index >= 15 is 0 Å². The minimum Gasteiger partial charge on any atom is -0.460 e. The Kier molecular flexibility index (Phi) is 6.85. The maximum atomic E-state index is 13.0. The van der Waals surface area contributed by atoms with Gasteiger partial charge in [0.2, 0.25) is 5.91 Å². The zero-order chi connectivity index (χ0) is 20.3. The summed E-state index contributed by atoms with van der Waals surface area (Å²) in [7, 11) is 1.55. The molecule has 3 rings (SSSR count). The van der Waals surface area contributed by atoms with Crippen molar-refractivity contribution in [1.29, 1.82) is 0 Å². The summed E-state index contributed by atoms with van der Waals surface area (Å²) in [5.74, 6) is -0.478. The summed E-state index contributed by atoms with van der Waals surface area (Å²) in [5, 5.41) is 0.477. The number of amidine groups is 1. The zero-order valence-corrected chi connectivity index (χ0v) is 18.1. The fourth-order valence-electron chi connectivity index (χ4n) is 3.25. The van der Waals surface area contributed by atoms with Gasteiger partial charge in [0.15, 0.2) is 5.17 Å². The number of methoxy groups -OCH3 is 1. The average Bonchev–Trinajstić information content (AvgIpc) is 3.02. The number of benzene rings is 1. The molecule has 0 spiro atoms. The number of allylic oxidation sites excluding steroid dienone is 1. The molecule has 0 aliphatic carbocycles. The van der Waals surface area contributed by atoms with Gasteiger partial charge in [-0.05, 0) is 37.3 Å². The van der Waals surface area contributed by atoms with Gasteiger partial charge >= 0.3 is 5.97 Å². The van der Waals surface area contributed by atoms with E-state index in [1.165, 1.54) is 11.8 Å². The number of fused-ring (bicyclic) bond motifs is 1. The summed E-state index contributed by atoms with van der Waals surface area (Å²) >= 11 is 3.11. The van der Waals surface area contributed by atoms with Gasteiger partial charge in [0.05, 0.1) is 29.2 Å². The largest absolute Gasteiger partial charge is 0.460 e. The lowest BCUT2D eigenvalue weighted by Gasteiger charge is -2.33. The fourth-order valence-corrected chi connectivity index (χ4v) is 4.79. The van der Waals surface area contributed by atoms with Gasteiger partial charge in [0.25, 0.3) is 0 Å². The number of carbonyl (C=O) groups is 2. The van der Waals surface area contributed by atoms with E-state index in [2.05, 4.69) is 4.99 Å². The van der Waals surface area contributed by atoms with Crippen LogP contribution in [0.25, 0.3) is 0 Å². The number of thioether (sulfide) groups is 2. The van der Waals surface area contributed by atoms with Crippen molar-refractivity contribution < 1.29 is 19.1 Å². The zero-order valence-electron chi connectivity index (χ0n) is 16.4. The first-order chi connectivity index (χ1) is 13.5. The first-order valence-electron chi connectivity index (χ1n) is 9.11. The number of amides is 1. The van der Waals surface area contributed by atoms with Gasteiger partial charge in [-0.3, -0.25) is 9.69 Å². The lowest BCUT2D eigenvalue weighted by molar-refractivity contribution is -0.141. The van der Waals surface area contributed by atoms with E-state index in [0.29, 0.717) is 29.5 Å². The average molecular weight is 421 g/mol. The second-order valence-corrected chi connectivity index (χ2v) is 8.47. The highest BCUT2D eigenvalue weighted by Crippen LogP contribution is 2.44. The fraction of sp³-hybridized carbons (Fsp3) is 0.450. The van der Waals surface area contributed by atoms with Gasteiger partial charge in [-0.2, -0.15) is 0 Å². The van der Waals surface area contributed by atoms with Crippen molar-refractivity contribution in [2.24, 2.45) is 4.99 Å². The maximum absolute atomic E-state index is 13.0. The Balaban J connectivity index is 2.03. The van der Waals surface area contributed by atoms with E-state index in [9.17, 15) is 9.59 Å². The van der Waals surface area contributed by atoms with Crippen molar-refractivity contribution in [2.45, 2.75) is 36.5 Å². The molecule has 2 aliphatic rings.